The van der Waals surface area contributed by atoms with E-state index in [0.717, 1.165) is 31.0 Å². The van der Waals surface area contributed by atoms with E-state index >= 15 is 0 Å². The first-order valence-corrected chi connectivity index (χ1v) is 12.5. The minimum atomic E-state index is -3.63. The van der Waals surface area contributed by atoms with Gasteiger partial charge in [0.1, 0.15) is 0 Å². The second kappa shape index (κ2) is 8.21. The molecule has 0 bridgehead atoms. The van der Waals surface area contributed by atoms with Crippen LogP contribution in [0.25, 0.3) is 0 Å². The number of hydrogen-bond donors (Lipinski definition) is 0. The molecule has 5 rings (SSSR count). The van der Waals surface area contributed by atoms with E-state index in [-0.39, 0.29) is 0 Å². The van der Waals surface area contributed by atoms with Crippen molar-refractivity contribution < 1.29 is 8.42 Å². The highest BCUT2D eigenvalue weighted by Gasteiger charge is 2.41. The zero-order chi connectivity index (χ0) is 20.6. The van der Waals surface area contributed by atoms with E-state index in [1.165, 1.54) is 43.1 Å². The maximum Gasteiger partial charge on any atom is 0.331 e. The average Bonchev–Trinajstić information content (AvgIpc) is 3.37. The van der Waals surface area contributed by atoms with Crippen LogP contribution in [0.5, 0.6) is 0 Å². The Kier molecular flexibility index (Phi) is 5.43. The maximum atomic E-state index is 13.5. The quantitative estimate of drug-likeness (QED) is 0.735. The molecule has 2 fully saturated rings. The molecule has 6 nitrogen and oxygen atoms in total. The van der Waals surface area contributed by atoms with Crippen molar-refractivity contribution in [3.63, 3.8) is 0 Å². The number of hydrogen-bond acceptors (Lipinski definition) is 4. The van der Waals surface area contributed by atoms with Gasteiger partial charge in [0, 0.05) is 19.1 Å². The fourth-order valence-electron chi connectivity index (χ4n) is 5.11. The van der Waals surface area contributed by atoms with Crippen molar-refractivity contribution in [2.75, 3.05) is 47.9 Å². The van der Waals surface area contributed by atoms with Gasteiger partial charge in [-0.2, -0.15) is 8.42 Å². The summed E-state index contributed by atoms with van der Waals surface area (Å²) in [5.41, 5.74) is 2.18. The van der Waals surface area contributed by atoms with Gasteiger partial charge in [-0.1, -0.05) is 30.3 Å². The fourth-order valence-corrected chi connectivity index (χ4v) is 6.82. The molecule has 0 N–H and O–H groups in total. The van der Waals surface area contributed by atoms with Gasteiger partial charge >= 0.3 is 10.2 Å². The van der Waals surface area contributed by atoms with Crippen LogP contribution in [-0.4, -0.2) is 63.5 Å². The summed E-state index contributed by atoms with van der Waals surface area (Å²) in [5.74, 6) is 0. The summed E-state index contributed by atoms with van der Waals surface area (Å²) in [6.45, 7) is 5.86. The monoisotopic (exact) mass is 426 g/mol. The van der Waals surface area contributed by atoms with Gasteiger partial charge in [-0.25, -0.2) is 8.61 Å². The summed E-state index contributed by atoms with van der Waals surface area (Å²) in [4.78, 5) is 5.08. The molecule has 7 heteroatoms. The fraction of sp³-hybridized carbons (Fsp3) is 0.478. The van der Waals surface area contributed by atoms with E-state index in [1.54, 1.807) is 4.31 Å². The molecule has 0 unspecified atom stereocenters. The smallest absolute Gasteiger partial charge is 0.301 e. The normalized spacial score (nSPS) is 22.5. The molecule has 0 amide bonds. The van der Waals surface area contributed by atoms with Crippen LogP contribution in [0, 0.1) is 0 Å². The number of likely N-dealkylation sites (tertiary alicyclic amines) is 2. The minimum Gasteiger partial charge on any atom is -0.301 e. The standard InChI is InChI=1S/C23H30N4O2S/c28-30(29)26(19-18-24-16-12-20(13-17-24)25-14-6-7-15-25)22-10-4-5-11-23(22)27(30)21-8-2-1-3-9-21/h1-5,8-11,20H,6-7,12-19H2. The number of benzene rings is 2. The number of anilines is 3. The lowest BCUT2D eigenvalue weighted by molar-refractivity contribution is 0.129. The zero-order valence-electron chi connectivity index (χ0n) is 17.4. The minimum absolute atomic E-state index is 0.483. The molecule has 2 saturated heterocycles. The van der Waals surface area contributed by atoms with E-state index in [2.05, 4.69) is 9.80 Å². The van der Waals surface area contributed by atoms with Gasteiger partial charge in [0.2, 0.25) is 0 Å². The van der Waals surface area contributed by atoms with Gasteiger partial charge < -0.3 is 9.80 Å². The molecule has 160 valence electrons. The second-order valence-corrected chi connectivity index (χ2v) is 10.2. The van der Waals surface area contributed by atoms with Crippen LogP contribution in [0.15, 0.2) is 54.6 Å². The highest BCUT2D eigenvalue weighted by molar-refractivity contribution is 7.95. The molecule has 3 heterocycles. The maximum absolute atomic E-state index is 13.5. The molecule has 0 aliphatic carbocycles. The van der Waals surface area contributed by atoms with E-state index in [1.807, 2.05) is 54.6 Å². The Morgan fingerprint density at radius 3 is 2.10 bits per heavy atom. The van der Waals surface area contributed by atoms with Crippen molar-refractivity contribution in [2.45, 2.75) is 31.7 Å². The lowest BCUT2D eigenvalue weighted by Gasteiger charge is -2.37. The van der Waals surface area contributed by atoms with E-state index in [4.69, 9.17) is 0 Å². The Hall–Kier alpha value is -2.09. The number of para-hydroxylation sites is 3. The molecular weight excluding hydrogens is 396 g/mol. The Morgan fingerprint density at radius 1 is 0.767 bits per heavy atom. The molecule has 3 aliphatic heterocycles. The third-order valence-electron chi connectivity index (χ3n) is 6.70. The number of piperidine rings is 1. The van der Waals surface area contributed by atoms with Crippen LogP contribution in [0.4, 0.5) is 17.1 Å². The summed E-state index contributed by atoms with van der Waals surface area (Å²) in [6, 6.07) is 17.7. The third kappa shape index (κ3) is 3.59. The predicted octanol–water partition coefficient (Wildman–Crippen LogP) is 3.45. The largest absolute Gasteiger partial charge is 0.331 e. The lowest BCUT2D eigenvalue weighted by atomic mass is 10.0. The van der Waals surface area contributed by atoms with Gasteiger partial charge in [-0.05, 0) is 76.1 Å². The lowest BCUT2D eigenvalue weighted by Crippen LogP contribution is -2.46. The second-order valence-electron chi connectivity index (χ2n) is 8.48. The van der Waals surface area contributed by atoms with Crippen LogP contribution in [-0.2, 0) is 10.2 Å². The molecule has 2 aromatic carbocycles. The van der Waals surface area contributed by atoms with Gasteiger partial charge in [0.25, 0.3) is 0 Å². The summed E-state index contributed by atoms with van der Waals surface area (Å²) in [7, 11) is -3.63. The van der Waals surface area contributed by atoms with E-state index in [9.17, 15) is 8.42 Å². The van der Waals surface area contributed by atoms with Crippen molar-refractivity contribution in [1.82, 2.24) is 9.80 Å². The highest BCUT2D eigenvalue weighted by Crippen LogP contribution is 2.44. The number of rotatable bonds is 5. The zero-order valence-corrected chi connectivity index (χ0v) is 18.2. The molecule has 0 saturated carbocycles. The summed E-state index contributed by atoms with van der Waals surface area (Å²) >= 11 is 0. The van der Waals surface area contributed by atoms with E-state index in [0.29, 0.717) is 18.3 Å². The first-order valence-electron chi connectivity index (χ1n) is 11.1. The summed E-state index contributed by atoms with van der Waals surface area (Å²) in [5, 5.41) is 0. The Bertz CT molecular complexity index is 968. The molecule has 2 aromatic rings. The molecule has 0 atom stereocenters. The van der Waals surface area contributed by atoms with Crippen molar-refractivity contribution in [3.8, 4) is 0 Å². The van der Waals surface area contributed by atoms with Crippen molar-refractivity contribution in [3.05, 3.63) is 54.6 Å². The van der Waals surface area contributed by atoms with Gasteiger partial charge in [0.15, 0.2) is 0 Å². The summed E-state index contributed by atoms with van der Waals surface area (Å²) < 4.78 is 30.0. The van der Waals surface area contributed by atoms with E-state index < -0.39 is 10.2 Å². The Morgan fingerprint density at radius 2 is 1.40 bits per heavy atom. The first-order chi connectivity index (χ1) is 14.6. The SMILES string of the molecule is O=S1(=O)N(CCN2CCC(N3CCCC3)CC2)c2ccccc2N1c1ccccc1. The molecule has 3 aliphatic rings. The molecular formula is C23H30N4O2S. The van der Waals surface area contributed by atoms with Crippen molar-refractivity contribution in [2.24, 2.45) is 0 Å². The third-order valence-corrected chi connectivity index (χ3v) is 8.51. The highest BCUT2D eigenvalue weighted by atomic mass is 32.2. The molecule has 0 aromatic heterocycles. The summed E-state index contributed by atoms with van der Waals surface area (Å²) in [6.07, 6.45) is 5.06. The van der Waals surface area contributed by atoms with Crippen molar-refractivity contribution in [1.29, 1.82) is 0 Å². The Balaban J connectivity index is 1.29. The van der Waals surface area contributed by atoms with Gasteiger partial charge in [0.05, 0.1) is 17.1 Å². The van der Waals surface area contributed by atoms with Crippen LogP contribution >= 0.6 is 0 Å². The van der Waals surface area contributed by atoms with Gasteiger partial charge in [-0.15, -0.1) is 0 Å². The molecule has 0 spiro atoms. The number of fused-ring (bicyclic) bond motifs is 1. The molecule has 0 radical (unpaired) electrons. The number of nitrogens with zero attached hydrogens (tertiary/aromatic N) is 4. The van der Waals surface area contributed by atoms with Crippen LogP contribution in [0.3, 0.4) is 0 Å². The predicted molar refractivity (Wildman–Crippen MR) is 122 cm³/mol. The Labute approximate surface area is 179 Å². The topological polar surface area (TPSA) is 47.1 Å². The average molecular weight is 427 g/mol. The first kappa shape index (κ1) is 19.8. The van der Waals surface area contributed by atoms with Crippen LogP contribution in [0.2, 0.25) is 0 Å². The van der Waals surface area contributed by atoms with Crippen LogP contribution < -0.4 is 8.61 Å². The van der Waals surface area contributed by atoms with Crippen molar-refractivity contribution >= 4 is 27.3 Å². The van der Waals surface area contributed by atoms with Gasteiger partial charge in [-0.3, -0.25) is 0 Å². The van der Waals surface area contributed by atoms with Crippen LogP contribution in [0.1, 0.15) is 25.7 Å². The molecule has 30 heavy (non-hydrogen) atoms.